The quantitative estimate of drug-likeness (QED) is 0.795. The van der Waals surface area contributed by atoms with E-state index in [0.29, 0.717) is 5.92 Å². The van der Waals surface area contributed by atoms with Gasteiger partial charge in [-0.15, -0.1) is 5.56 Å². The van der Waals surface area contributed by atoms with Crippen LogP contribution in [0, 0.1) is 6.07 Å². The fourth-order valence-corrected chi connectivity index (χ4v) is 1.39. The molecule has 0 aliphatic rings. The third-order valence-corrected chi connectivity index (χ3v) is 2.27. The Morgan fingerprint density at radius 2 is 2.12 bits per heavy atom. The standard InChI is InChI=1S/C12H14N3.Y/c1-9(2)11-5-4-10(8-13-11)12-6-7-15(3)14-12;/h4,6-9H,1-3H3;/q-1;. The Labute approximate surface area is 121 Å². The number of hydrogen-bond donors (Lipinski definition) is 0. The van der Waals surface area contributed by atoms with Gasteiger partial charge in [0.1, 0.15) is 0 Å². The summed E-state index contributed by atoms with van der Waals surface area (Å²) in [5.74, 6) is 0.419. The van der Waals surface area contributed by atoms with Gasteiger partial charge >= 0.3 is 0 Å². The third-order valence-electron chi connectivity index (χ3n) is 2.27. The van der Waals surface area contributed by atoms with Gasteiger partial charge < -0.3 is 0 Å². The fraction of sp³-hybridized carbons (Fsp3) is 0.333. The summed E-state index contributed by atoms with van der Waals surface area (Å²) in [7, 11) is 1.91. The molecule has 0 aliphatic carbocycles. The predicted molar refractivity (Wildman–Crippen MR) is 59.4 cm³/mol. The minimum absolute atomic E-state index is 0. The molecule has 0 unspecified atom stereocenters. The molecule has 0 fully saturated rings. The average Bonchev–Trinajstić information content (AvgIpc) is 2.65. The number of rotatable bonds is 2. The van der Waals surface area contributed by atoms with Gasteiger partial charge in [0.25, 0.3) is 0 Å². The van der Waals surface area contributed by atoms with Crippen molar-refractivity contribution >= 4 is 0 Å². The molecule has 2 rings (SSSR count). The topological polar surface area (TPSA) is 30.7 Å². The Kier molecular flexibility index (Phi) is 4.81. The van der Waals surface area contributed by atoms with Gasteiger partial charge in [-0.05, 0) is 23.9 Å². The maximum atomic E-state index is 4.36. The molecule has 3 nitrogen and oxygen atoms in total. The zero-order chi connectivity index (χ0) is 10.8. The molecule has 81 valence electrons. The Bertz CT molecular complexity index is 446. The molecule has 2 aromatic rings. The van der Waals surface area contributed by atoms with Crippen LogP contribution in [-0.4, -0.2) is 14.8 Å². The molecular formula is C12H14N3Y-. The van der Waals surface area contributed by atoms with E-state index in [1.807, 2.05) is 31.6 Å². The predicted octanol–water partition coefficient (Wildman–Crippen LogP) is 2.40. The molecule has 0 N–H and O–H groups in total. The number of aromatic nitrogens is 3. The molecule has 2 aromatic heterocycles. The normalized spacial score (nSPS) is 10.2. The second-order valence-corrected chi connectivity index (χ2v) is 3.92. The molecule has 1 radical (unpaired) electrons. The molecule has 4 heteroatoms. The summed E-state index contributed by atoms with van der Waals surface area (Å²) in [5, 5.41) is 4.31. The first kappa shape index (κ1) is 13.5. The van der Waals surface area contributed by atoms with Crippen LogP contribution < -0.4 is 0 Å². The van der Waals surface area contributed by atoms with Crippen molar-refractivity contribution in [2.75, 3.05) is 0 Å². The van der Waals surface area contributed by atoms with Gasteiger partial charge in [0.15, 0.2) is 0 Å². The van der Waals surface area contributed by atoms with Crippen LogP contribution in [0.1, 0.15) is 25.5 Å². The van der Waals surface area contributed by atoms with E-state index >= 15 is 0 Å². The van der Waals surface area contributed by atoms with Crippen LogP contribution in [0.15, 0.2) is 24.5 Å². The zero-order valence-electron chi connectivity index (χ0n) is 9.81. The van der Waals surface area contributed by atoms with Crippen molar-refractivity contribution in [1.82, 2.24) is 14.8 Å². The summed E-state index contributed by atoms with van der Waals surface area (Å²) in [5.41, 5.74) is 2.95. The Morgan fingerprint density at radius 1 is 1.38 bits per heavy atom. The zero-order valence-corrected chi connectivity index (χ0v) is 12.6. The summed E-state index contributed by atoms with van der Waals surface area (Å²) in [4.78, 5) is 4.36. The van der Waals surface area contributed by atoms with Gasteiger partial charge in [0.05, 0.1) is 0 Å². The minimum atomic E-state index is 0. The van der Waals surface area contributed by atoms with Gasteiger partial charge in [-0.2, -0.15) is 5.10 Å². The molecule has 0 saturated carbocycles. The molecular weight excluding hydrogens is 275 g/mol. The summed E-state index contributed by atoms with van der Waals surface area (Å²) < 4.78 is 1.78. The maximum Gasteiger partial charge on any atom is 0.0296 e. The minimum Gasteiger partial charge on any atom is -0.300 e. The van der Waals surface area contributed by atoms with E-state index in [1.165, 1.54) is 0 Å². The van der Waals surface area contributed by atoms with Crippen LogP contribution in [0.4, 0.5) is 0 Å². The Morgan fingerprint density at radius 3 is 2.56 bits per heavy atom. The van der Waals surface area contributed by atoms with E-state index in [9.17, 15) is 0 Å². The second kappa shape index (κ2) is 5.69. The van der Waals surface area contributed by atoms with Crippen LogP contribution in [0.3, 0.4) is 0 Å². The number of aryl methyl sites for hydroxylation is 1. The second-order valence-electron chi connectivity index (χ2n) is 3.92. The van der Waals surface area contributed by atoms with E-state index in [4.69, 9.17) is 0 Å². The molecule has 0 saturated heterocycles. The molecule has 0 spiro atoms. The van der Waals surface area contributed by atoms with Crippen LogP contribution in [-0.2, 0) is 39.8 Å². The fourth-order valence-electron chi connectivity index (χ4n) is 1.39. The number of nitrogens with zero attached hydrogens (tertiary/aromatic N) is 3. The van der Waals surface area contributed by atoms with Crippen LogP contribution in [0.2, 0.25) is 0 Å². The average molecular weight is 289 g/mol. The van der Waals surface area contributed by atoms with Crippen molar-refractivity contribution in [3.8, 4) is 11.3 Å². The van der Waals surface area contributed by atoms with Crippen molar-refractivity contribution in [3.63, 3.8) is 0 Å². The van der Waals surface area contributed by atoms with Gasteiger partial charge in [-0.25, -0.2) is 12.1 Å². The van der Waals surface area contributed by atoms with Crippen LogP contribution in [0.25, 0.3) is 11.3 Å². The van der Waals surface area contributed by atoms with Crippen molar-refractivity contribution in [1.29, 1.82) is 0 Å². The monoisotopic (exact) mass is 289 g/mol. The van der Waals surface area contributed by atoms with Crippen molar-refractivity contribution in [3.05, 3.63) is 36.3 Å². The molecule has 0 bridgehead atoms. The van der Waals surface area contributed by atoms with Crippen LogP contribution >= 0.6 is 0 Å². The molecule has 16 heavy (non-hydrogen) atoms. The summed E-state index contributed by atoms with van der Waals surface area (Å²) >= 11 is 0. The van der Waals surface area contributed by atoms with E-state index in [1.54, 1.807) is 4.68 Å². The Balaban J connectivity index is 0.00000128. The number of pyridine rings is 1. The van der Waals surface area contributed by atoms with Gasteiger partial charge in [0.2, 0.25) is 0 Å². The molecule has 0 amide bonds. The van der Waals surface area contributed by atoms with E-state index < -0.39 is 0 Å². The molecule has 0 aliphatic heterocycles. The Hall–Kier alpha value is -0.536. The van der Waals surface area contributed by atoms with Crippen molar-refractivity contribution in [2.45, 2.75) is 19.8 Å². The van der Waals surface area contributed by atoms with Gasteiger partial charge in [-0.1, -0.05) is 13.8 Å². The number of hydrogen-bond acceptors (Lipinski definition) is 2. The largest absolute Gasteiger partial charge is 0.300 e. The van der Waals surface area contributed by atoms with E-state index in [0.717, 1.165) is 17.0 Å². The summed E-state index contributed by atoms with van der Waals surface area (Å²) in [6.45, 7) is 4.22. The SMILES string of the molecule is CC(C)c1[c-]cc(-c2ccn(C)n2)cn1.[Y]. The maximum absolute atomic E-state index is 4.36. The van der Waals surface area contributed by atoms with Gasteiger partial charge in [0, 0.05) is 51.6 Å². The summed E-state index contributed by atoms with van der Waals surface area (Å²) in [6.07, 6.45) is 3.78. The van der Waals surface area contributed by atoms with E-state index in [-0.39, 0.29) is 32.7 Å². The first-order chi connectivity index (χ1) is 7.16. The molecule has 2 heterocycles. The van der Waals surface area contributed by atoms with Crippen molar-refractivity contribution in [2.24, 2.45) is 7.05 Å². The van der Waals surface area contributed by atoms with E-state index in [2.05, 4.69) is 30.0 Å². The first-order valence-corrected chi connectivity index (χ1v) is 5.04. The molecule has 0 aromatic carbocycles. The van der Waals surface area contributed by atoms with Gasteiger partial charge in [-0.3, -0.25) is 9.67 Å². The third kappa shape index (κ3) is 2.99. The first-order valence-electron chi connectivity index (χ1n) is 5.04. The van der Waals surface area contributed by atoms with Crippen LogP contribution in [0.5, 0.6) is 0 Å². The smallest absolute Gasteiger partial charge is 0.0296 e. The van der Waals surface area contributed by atoms with Crippen molar-refractivity contribution < 1.29 is 32.7 Å². The molecule has 0 atom stereocenters. The summed E-state index contributed by atoms with van der Waals surface area (Å²) in [6, 6.07) is 7.11.